The molecule has 86 valence electrons. The number of anilines is 1. The average molecular weight is 225 g/mol. The maximum absolute atomic E-state index is 4.48. The number of nitrogens with zero attached hydrogens (tertiary/aromatic N) is 2. The summed E-state index contributed by atoms with van der Waals surface area (Å²) in [4.78, 5) is 8.65. The molecule has 0 amide bonds. The van der Waals surface area contributed by atoms with Gasteiger partial charge in [0.1, 0.15) is 5.82 Å². The van der Waals surface area contributed by atoms with Crippen LogP contribution in [0.3, 0.4) is 0 Å². The van der Waals surface area contributed by atoms with Gasteiger partial charge >= 0.3 is 0 Å². The Morgan fingerprint density at radius 1 is 1.12 bits per heavy atom. The molecule has 0 bridgehead atoms. The third-order valence-electron chi connectivity index (χ3n) is 3.15. The molecule has 3 heteroatoms. The largest absolute Gasteiger partial charge is 0.372 e. The van der Waals surface area contributed by atoms with Gasteiger partial charge in [-0.05, 0) is 24.3 Å². The summed E-state index contributed by atoms with van der Waals surface area (Å²) >= 11 is 0. The van der Waals surface area contributed by atoms with Crippen molar-refractivity contribution in [3.05, 3.63) is 42.2 Å². The number of nitrogens with one attached hydrogen (secondary N) is 1. The lowest BCUT2D eigenvalue weighted by atomic mass is 10.1. The maximum atomic E-state index is 4.48. The van der Waals surface area contributed by atoms with Crippen molar-refractivity contribution in [3.63, 3.8) is 0 Å². The Bertz CT molecular complexity index is 515. The highest BCUT2D eigenvalue weighted by atomic mass is 15.0. The molecule has 1 aromatic carbocycles. The van der Waals surface area contributed by atoms with Gasteiger partial charge in [-0.25, -0.2) is 4.98 Å². The lowest BCUT2D eigenvalue weighted by Gasteiger charge is -2.04. The lowest BCUT2D eigenvalue weighted by molar-refractivity contribution is 1.13. The highest BCUT2D eigenvalue weighted by Gasteiger charge is 2.22. The predicted molar refractivity (Wildman–Crippen MR) is 69.0 cm³/mol. The molecule has 1 aliphatic carbocycles. The number of hydrogen-bond acceptors (Lipinski definition) is 3. The first kappa shape index (κ1) is 10.3. The van der Waals surface area contributed by atoms with Crippen molar-refractivity contribution in [1.29, 1.82) is 0 Å². The first-order valence-electron chi connectivity index (χ1n) is 5.97. The second kappa shape index (κ2) is 4.17. The Hall–Kier alpha value is -1.90. The van der Waals surface area contributed by atoms with E-state index >= 15 is 0 Å². The Morgan fingerprint density at radius 2 is 1.88 bits per heavy atom. The molecule has 17 heavy (non-hydrogen) atoms. The van der Waals surface area contributed by atoms with Crippen LogP contribution in [0.5, 0.6) is 0 Å². The zero-order valence-electron chi connectivity index (χ0n) is 9.85. The molecule has 0 spiro atoms. The molecule has 1 aromatic heterocycles. The molecule has 0 aliphatic heterocycles. The van der Waals surface area contributed by atoms with Crippen LogP contribution in [0.4, 0.5) is 5.82 Å². The molecule has 0 radical (unpaired) electrons. The van der Waals surface area contributed by atoms with Gasteiger partial charge in [0, 0.05) is 12.6 Å². The number of rotatable bonds is 3. The summed E-state index contributed by atoms with van der Waals surface area (Å²) in [6.45, 7) is 0. The highest BCUT2D eigenvalue weighted by Crippen LogP contribution is 2.40. The molecule has 0 saturated heterocycles. The molecular weight excluding hydrogens is 210 g/mol. The third kappa shape index (κ3) is 2.13. The van der Waals surface area contributed by atoms with Crippen molar-refractivity contribution < 1.29 is 0 Å². The first-order chi connectivity index (χ1) is 8.36. The monoisotopic (exact) mass is 225 g/mol. The predicted octanol–water partition coefficient (Wildman–Crippen LogP) is 3.06. The van der Waals surface area contributed by atoms with Gasteiger partial charge in [0.15, 0.2) is 0 Å². The molecule has 0 atom stereocenters. The van der Waals surface area contributed by atoms with Crippen molar-refractivity contribution in [2.24, 2.45) is 0 Å². The van der Waals surface area contributed by atoms with Crippen molar-refractivity contribution >= 4 is 5.82 Å². The molecule has 1 N–H and O–H groups in total. The summed E-state index contributed by atoms with van der Waals surface area (Å²) in [7, 11) is 1.85. The van der Waals surface area contributed by atoms with E-state index < -0.39 is 0 Å². The zero-order valence-corrected chi connectivity index (χ0v) is 9.85. The smallest absolute Gasteiger partial charge is 0.144 e. The SMILES string of the molecule is CNc1cncc(-c2ccc(C3CC3)cc2)n1. The van der Waals surface area contributed by atoms with Crippen molar-refractivity contribution in [3.8, 4) is 11.3 Å². The van der Waals surface area contributed by atoms with Gasteiger partial charge in [0.25, 0.3) is 0 Å². The van der Waals surface area contributed by atoms with Gasteiger partial charge in [-0.3, -0.25) is 4.98 Å². The molecule has 1 saturated carbocycles. The topological polar surface area (TPSA) is 37.8 Å². The average Bonchev–Trinajstić information content (AvgIpc) is 3.23. The van der Waals surface area contributed by atoms with E-state index in [9.17, 15) is 0 Å². The van der Waals surface area contributed by atoms with Crippen molar-refractivity contribution in [2.45, 2.75) is 18.8 Å². The molecule has 0 unspecified atom stereocenters. The molecule has 3 rings (SSSR count). The fourth-order valence-corrected chi connectivity index (χ4v) is 1.97. The second-order valence-corrected chi connectivity index (χ2v) is 4.44. The Balaban J connectivity index is 1.91. The number of aromatic nitrogens is 2. The summed E-state index contributed by atoms with van der Waals surface area (Å²) in [5, 5.41) is 3.00. The quantitative estimate of drug-likeness (QED) is 0.872. The minimum atomic E-state index is 0.800. The van der Waals surface area contributed by atoms with E-state index in [1.54, 1.807) is 12.4 Å². The number of benzene rings is 1. The van der Waals surface area contributed by atoms with Crippen LogP contribution in [0.15, 0.2) is 36.7 Å². The van der Waals surface area contributed by atoms with E-state index in [1.807, 2.05) is 7.05 Å². The molecular formula is C14H15N3. The van der Waals surface area contributed by atoms with Crippen LogP contribution in [0.25, 0.3) is 11.3 Å². The van der Waals surface area contributed by atoms with Gasteiger partial charge in [-0.15, -0.1) is 0 Å². The van der Waals surface area contributed by atoms with Gasteiger partial charge in [-0.1, -0.05) is 24.3 Å². The van der Waals surface area contributed by atoms with Gasteiger partial charge in [0.2, 0.25) is 0 Å². The zero-order chi connectivity index (χ0) is 11.7. The number of hydrogen-bond donors (Lipinski definition) is 1. The summed E-state index contributed by atoms with van der Waals surface area (Å²) in [5.41, 5.74) is 3.49. The van der Waals surface area contributed by atoms with Crippen LogP contribution >= 0.6 is 0 Å². The van der Waals surface area contributed by atoms with Crippen LogP contribution in [0.2, 0.25) is 0 Å². The van der Waals surface area contributed by atoms with Crippen LogP contribution in [0, 0.1) is 0 Å². The van der Waals surface area contributed by atoms with E-state index in [-0.39, 0.29) is 0 Å². The summed E-state index contributed by atoms with van der Waals surface area (Å²) in [6.07, 6.45) is 6.21. The molecule has 1 aliphatic rings. The summed E-state index contributed by atoms with van der Waals surface area (Å²) < 4.78 is 0. The lowest BCUT2D eigenvalue weighted by Crippen LogP contribution is -1.95. The first-order valence-corrected chi connectivity index (χ1v) is 5.97. The fourth-order valence-electron chi connectivity index (χ4n) is 1.97. The Labute approximate surface area is 101 Å². The molecule has 2 aromatic rings. The molecule has 1 heterocycles. The minimum Gasteiger partial charge on any atom is -0.372 e. The summed E-state index contributed by atoms with van der Waals surface area (Å²) in [6, 6.07) is 8.69. The summed E-state index contributed by atoms with van der Waals surface area (Å²) in [5.74, 6) is 1.60. The van der Waals surface area contributed by atoms with Crippen LogP contribution in [0.1, 0.15) is 24.3 Å². The normalized spacial score (nSPS) is 14.6. The van der Waals surface area contributed by atoms with E-state index in [1.165, 1.54) is 18.4 Å². The van der Waals surface area contributed by atoms with Gasteiger partial charge in [0.05, 0.1) is 18.1 Å². The molecule has 3 nitrogen and oxygen atoms in total. The second-order valence-electron chi connectivity index (χ2n) is 4.44. The maximum Gasteiger partial charge on any atom is 0.144 e. The standard InChI is InChI=1S/C14H15N3/c1-15-14-9-16-8-13(17-14)12-6-4-11(5-7-12)10-2-3-10/h4-10H,2-3H2,1H3,(H,15,17). The van der Waals surface area contributed by atoms with Gasteiger partial charge in [-0.2, -0.15) is 0 Å². The Kier molecular flexibility index (Phi) is 2.52. The Morgan fingerprint density at radius 3 is 2.53 bits per heavy atom. The highest BCUT2D eigenvalue weighted by molar-refractivity contribution is 5.60. The van der Waals surface area contributed by atoms with E-state index in [0.717, 1.165) is 23.0 Å². The van der Waals surface area contributed by atoms with Gasteiger partial charge < -0.3 is 5.32 Å². The fraction of sp³-hybridized carbons (Fsp3) is 0.286. The van der Waals surface area contributed by atoms with Crippen LogP contribution in [-0.4, -0.2) is 17.0 Å². The van der Waals surface area contributed by atoms with Crippen LogP contribution < -0.4 is 5.32 Å². The van der Waals surface area contributed by atoms with E-state index in [4.69, 9.17) is 0 Å². The minimum absolute atomic E-state index is 0.800. The van der Waals surface area contributed by atoms with E-state index in [0.29, 0.717) is 0 Å². The van der Waals surface area contributed by atoms with Crippen molar-refractivity contribution in [1.82, 2.24) is 9.97 Å². The van der Waals surface area contributed by atoms with Crippen LogP contribution in [-0.2, 0) is 0 Å². The van der Waals surface area contributed by atoms with E-state index in [2.05, 4.69) is 39.6 Å². The molecule has 1 fully saturated rings. The van der Waals surface area contributed by atoms with Crippen molar-refractivity contribution in [2.75, 3.05) is 12.4 Å². The third-order valence-corrected chi connectivity index (χ3v) is 3.15.